The van der Waals surface area contributed by atoms with Crippen molar-refractivity contribution in [3.05, 3.63) is 46.4 Å². The van der Waals surface area contributed by atoms with Crippen LogP contribution in [0.1, 0.15) is 31.5 Å². The quantitative estimate of drug-likeness (QED) is 0.843. The van der Waals surface area contributed by atoms with Crippen LogP contribution in [-0.2, 0) is 16.6 Å². The third-order valence-electron chi connectivity index (χ3n) is 2.81. The number of para-hydroxylation sites is 1. The van der Waals surface area contributed by atoms with E-state index >= 15 is 0 Å². The van der Waals surface area contributed by atoms with Gasteiger partial charge >= 0.3 is 0 Å². The monoisotopic (exact) mass is 289 g/mol. The molecule has 0 aliphatic rings. The molecule has 0 aliphatic carbocycles. The molecule has 0 saturated heterocycles. The second-order valence-corrected chi connectivity index (χ2v) is 6.64. The van der Waals surface area contributed by atoms with Gasteiger partial charge in [-0.1, -0.05) is 39.0 Å². The molecule has 0 radical (unpaired) electrons. The molecule has 2 rings (SSSR count). The summed E-state index contributed by atoms with van der Waals surface area (Å²) in [6.45, 7) is 6.44. The Morgan fingerprint density at radius 2 is 1.95 bits per heavy atom. The van der Waals surface area contributed by atoms with Gasteiger partial charge in [0.05, 0.1) is 12.1 Å². The molecule has 0 aliphatic heterocycles. The molecule has 0 unspecified atom stereocenters. The smallest absolute Gasteiger partial charge is 0.176 e. The molecule has 0 spiro atoms. The van der Waals surface area contributed by atoms with Gasteiger partial charge in [0.2, 0.25) is 0 Å². The number of carbonyl (C=O) groups is 1. The Morgan fingerprint density at radius 1 is 1.25 bits per heavy atom. The number of ether oxygens (including phenoxy) is 1. The van der Waals surface area contributed by atoms with Crippen LogP contribution < -0.4 is 4.74 Å². The summed E-state index contributed by atoms with van der Waals surface area (Å²) in [5, 5.41) is 2.89. The molecular weight excluding hydrogens is 270 g/mol. The highest BCUT2D eigenvalue weighted by Crippen LogP contribution is 2.24. The lowest BCUT2D eigenvalue weighted by molar-refractivity contribution is -0.120. The number of ketones is 1. The van der Waals surface area contributed by atoms with Crippen molar-refractivity contribution in [1.82, 2.24) is 4.98 Å². The highest BCUT2D eigenvalue weighted by molar-refractivity contribution is 7.09. The number of rotatable bonds is 5. The Hall–Kier alpha value is -1.68. The predicted octanol–water partition coefficient (Wildman–Crippen LogP) is 3.63. The molecule has 3 nitrogen and oxygen atoms in total. The lowest BCUT2D eigenvalue weighted by Gasteiger charge is -2.14. The second kappa shape index (κ2) is 6.18. The average Bonchev–Trinajstić information content (AvgIpc) is 2.86. The Kier molecular flexibility index (Phi) is 4.55. The fourth-order valence-electron chi connectivity index (χ4n) is 1.64. The molecule has 0 amide bonds. The Balaban J connectivity index is 1.87. The van der Waals surface area contributed by atoms with Crippen molar-refractivity contribution in [3.8, 4) is 5.75 Å². The van der Waals surface area contributed by atoms with Crippen LogP contribution in [0.4, 0.5) is 0 Å². The summed E-state index contributed by atoms with van der Waals surface area (Å²) >= 11 is 1.54. The van der Waals surface area contributed by atoms with E-state index in [-0.39, 0.29) is 17.8 Å². The molecule has 0 fully saturated rings. The summed E-state index contributed by atoms with van der Waals surface area (Å²) in [6.07, 6.45) is 0.341. The topological polar surface area (TPSA) is 39.2 Å². The van der Waals surface area contributed by atoms with Gasteiger partial charge in [0.15, 0.2) is 5.78 Å². The lowest BCUT2D eigenvalue weighted by atomic mass is 9.93. The van der Waals surface area contributed by atoms with Crippen LogP contribution in [-0.4, -0.2) is 17.4 Å². The molecule has 4 heteroatoms. The predicted molar refractivity (Wildman–Crippen MR) is 81.5 cm³/mol. The lowest BCUT2D eigenvalue weighted by Crippen LogP contribution is -2.15. The van der Waals surface area contributed by atoms with E-state index in [2.05, 4.69) is 25.8 Å². The van der Waals surface area contributed by atoms with Gasteiger partial charge in [-0.25, -0.2) is 4.98 Å². The van der Waals surface area contributed by atoms with Gasteiger partial charge in [-0.2, -0.15) is 0 Å². The fourth-order valence-corrected chi connectivity index (χ4v) is 2.69. The maximum atomic E-state index is 11.9. The number of Topliss-reactive ketones (excluding diaryl/α,β-unsaturated/α-hetero) is 1. The van der Waals surface area contributed by atoms with Crippen LogP contribution in [0.15, 0.2) is 35.7 Å². The number of hydrogen-bond acceptors (Lipinski definition) is 4. The van der Waals surface area contributed by atoms with Crippen LogP contribution in [0.2, 0.25) is 0 Å². The minimum absolute atomic E-state index is 0.0261. The highest BCUT2D eigenvalue weighted by atomic mass is 32.1. The minimum atomic E-state index is 0.0261. The third kappa shape index (κ3) is 4.17. The van der Waals surface area contributed by atoms with Gasteiger partial charge in [-0.05, 0) is 12.1 Å². The number of hydrogen-bond donors (Lipinski definition) is 0. The zero-order valence-electron chi connectivity index (χ0n) is 12.1. The van der Waals surface area contributed by atoms with Gasteiger partial charge in [0, 0.05) is 10.8 Å². The fraction of sp³-hybridized carbons (Fsp3) is 0.375. The molecule has 1 aromatic carbocycles. The first-order valence-electron chi connectivity index (χ1n) is 6.59. The number of aromatic nitrogens is 1. The third-order valence-corrected chi connectivity index (χ3v) is 3.66. The standard InChI is InChI=1S/C16H19NO2S/c1-16(2,3)14-11-20-15(17-14)9-12(18)10-19-13-7-5-4-6-8-13/h4-8,11H,9-10H2,1-3H3. The van der Waals surface area contributed by atoms with E-state index in [1.165, 1.54) is 11.3 Å². The van der Waals surface area contributed by atoms with Crippen molar-refractivity contribution >= 4 is 17.1 Å². The Bertz CT molecular complexity index is 570. The zero-order chi connectivity index (χ0) is 14.6. The summed E-state index contributed by atoms with van der Waals surface area (Å²) in [4.78, 5) is 16.4. The van der Waals surface area contributed by atoms with E-state index in [1.54, 1.807) is 0 Å². The van der Waals surface area contributed by atoms with E-state index in [0.717, 1.165) is 16.5 Å². The summed E-state index contributed by atoms with van der Waals surface area (Å²) in [6, 6.07) is 9.37. The van der Waals surface area contributed by atoms with Crippen LogP contribution >= 0.6 is 11.3 Å². The van der Waals surface area contributed by atoms with E-state index in [0.29, 0.717) is 6.42 Å². The number of nitrogens with zero attached hydrogens (tertiary/aromatic N) is 1. The SMILES string of the molecule is CC(C)(C)c1csc(CC(=O)COc2ccccc2)n1. The van der Waals surface area contributed by atoms with Crippen LogP contribution in [0.5, 0.6) is 5.75 Å². The molecular formula is C16H19NO2S. The molecule has 1 aromatic heterocycles. The zero-order valence-corrected chi connectivity index (χ0v) is 12.9. The van der Waals surface area contributed by atoms with Gasteiger partial charge in [0.1, 0.15) is 17.4 Å². The largest absolute Gasteiger partial charge is 0.486 e. The molecule has 20 heavy (non-hydrogen) atoms. The Labute approximate surface area is 123 Å². The molecule has 0 saturated carbocycles. The van der Waals surface area contributed by atoms with Crippen molar-refractivity contribution in [3.63, 3.8) is 0 Å². The normalized spacial score (nSPS) is 11.3. The highest BCUT2D eigenvalue weighted by Gasteiger charge is 2.18. The summed E-state index contributed by atoms with van der Waals surface area (Å²) < 4.78 is 5.44. The van der Waals surface area contributed by atoms with E-state index < -0.39 is 0 Å². The van der Waals surface area contributed by atoms with E-state index in [4.69, 9.17) is 4.74 Å². The van der Waals surface area contributed by atoms with Crippen molar-refractivity contribution in [2.24, 2.45) is 0 Å². The van der Waals surface area contributed by atoms with Gasteiger partial charge in [0.25, 0.3) is 0 Å². The number of thiazole rings is 1. The second-order valence-electron chi connectivity index (χ2n) is 5.69. The maximum Gasteiger partial charge on any atom is 0.176 e. The molecule has 0 N–H and O–H groups in total. The van der Waals surface area contributed by atoms with Crippen LogP contribution in [0.3, 0.4) is 0 Å². The summed E-state index contributed by atoms with van der Waals surface area (Å²) in [5.41, 5.74) is 1.06. The van der Waals surface area contributed by atoms with Crippen molar-refractivity contribution < 1.29 is 9.53 Å². The van der Waals surface area contributed by atoms with Crippen molar-refractivity contribution in [1.29, 1.82) is 0 Å². The van der Waals surface area contributed by atoms with Crippen molar-refractivity contribution in [2.45, 2.75) is 32.6 Å². The summed E-state index contributed by atoms with van der Waals surface area (Å²) in [7, 11) is 0. The van der Waals surface area contributed by atoms with Crippen molar-refractivity contribution in [2.75, 3.05) is 6.61 Å². The van der Waals surface area contributed by atoms with Gasteiger partial charge in [-0.15, -0.1) is 11.3 Å². The molecule has 106 valence electrons. The summed E-state index contributed by atoms with van der Waals surface area (Å²) in [5.74, 6) is 0.763. The maximum absolute atomic E-state index is 11.9. The first kappa shape index (κ1) is 14.7. The van der Waals surface area contributed by atoms with Crippen LogP contribution in [0, 0.1) is 0 Å². The van der Waals surface area contributed by atoms with E-state index in [9.17, 15) is 4.79 Å². The Morgan fingerprint density at radius 3 is 2.55 bits per heavy atom. The van der Waals surface area contributed by atoms with Gasteiger partial charge < -0.3 is 4.74 Å². The minimum Gasteiger partial charge on any atom is -0.486 e. The first-order chi connectivity index (χ1) is 9.45. The molecule has 1 heterocycles. The number of benzene rings is 1. The molecule has 2 aromatic rings. The average molecular weight is 289 g/mol. The van der Waals surface area contributed by atoms with Gasteiger partial charge in [-0.3, -0.25) is 4.79 Å². The number of carbonyl (C=O) groups excluding carboxylic acids is 1. The molecule has 0 atom stereocenters. The van der Waals surface area contributed by atoms with Crippen LogP contribution in [0.25, 0.3) is 0 Å². The molecule has 0 bridgehead atoms. The van der Waals surface area contributed by atoms with E-state index in [1.807, 2.05) is 35.7 Å². The first-order valence-corrected chi connectivity index (χ1v) is 7.47.